The van der Waals surface area contributed by atoms with Crippen molar-refractivity contribution in [2.75, 3.05) is 0 Å². The normalized spacial score (nSPS) is 10.9. The van der Waals surface area contributed by atoms with E-state index in [1.54, 1.807) is 24.3 Å². The molecule has 0 aliphatic carbocycles. The monoisotopic (exact) mass is 906 g/mol. The minimum Gasteiger partial charge on any atom is -0.308 e. The Balaban J connectivity index is 1.31. The Morgan fingerprint density at radius 2 is 0.746 bits per heavy atom. The number of hydrogen-bond acceptors (Lipinski definition) is 7. The van der Waals surface area contributed by atoms with Gasteiger partial charge in [-0.2, -0.15) is 21.0 Å². The highest BCUT2D eigenvalue weighted by Gasteiger charge is 2.26. The van der Waals surface area contributed by atoms with Crippen molar-refractivity contribution in [3.8, 4) is 109 Å². The summed E-state index contributed by atoms with van der Waals surface area (Å²) in [7, 11) is 0. The van der Waals surface area contributed by atoms with Gasteiger partial charge in [0.15, 0.2) is 17.5 Å². The molecule has 0 unspecified atom stereocenters. The van der Waals surface area contributed by atoms with Gasteiger partial charge in [0, 0.05) is 49.7 Å². The van der Waals surface area contributed by atoms with E-state index in [2.05, 4.69) is 115 Å². The number of hydrogen-bond donors (Lipinski definition) is 0. The fraction of sp³-hybridized carbons (Fsp3) is 0.0317. The number of fused-ring (bicyclic) bond motifs is 3. The van der Waals surface area contributed by atoms with Crippen molar-refractivity contribution in [2.45, 2.75) is 13.8 Å². The quantitative estimate of drug-likeness (QED) is 0.148. The molecule has 71 heavy (non-hydrogen) atoms. The molecule has 0 saturated carbocycles. The molecule has 0 fully saturated rings. The summed E-state index contributed by atoms with van der Waals surface area (Å²) < 4.78 is 2.22. The first-order valence-electron chi connectivity index (χ1n) is 23.0. The van der Waals surface area contributed by atoms with Gasteiger partial charge in [-0.05, 0) is 108 Å². The minimum absolute atomic E-state index is 0.281. The molecule has 0 amide bonds. The lowest BCUT2D eigenvalue weighted by Gasteiger charge is -2.22. The first kappa shape index (κ1) is 43.3. The third-order valence-corrected chi connectivity index (χ3v) is 13.1. The number of nitriles is 4. The highest BCUT2D eigenvalue weighted by atomic mass is 15.0. The number of benzene rings is 9. The Morgan fingerprint density at radius 3 is 1.15 bits per heavy atom. The van der Waals surface area contributed by atoms with Crippen LogP contribution in [0.4, 0.5) is 0 Å². The molecule has 8 nitrogen and oxygen atoms in total. The van der Waals surface area contributed by atoms with Crippen LogP contribution in [0, 0.1) is 59.2 Å². The molecule has 0 N–H and O–H groups in total. The van der Waals surface area contributed by atoms with E-state index >= 15 is 0 Å². The van der Waals surface area contributed by atoms with Gasteiger partial charge in [-0.3, -0.25) is 0 Å². The molecular formula is C63H38N8. The van der Waals surface area contributed by atoms with Crippen molar-refractivity contribution in [2.24, 2.45) is 0 Å². The van der Waals surface area contributed by atoms with Crippen LogP contribution < -0.4 is 0 Å². The van der Waals surface area contributed by atoms with E-state index in [-0.39, 0.29) is 11.1 Å². The van der Waals surface area contributed by atoms with E-state index in [0.717, 1.165) is 66.3 Å². The molecule has 0 aliphatic heterocycles. The Morgan fingerprint density at radius 1 is 0.338 bits per heavy atom. The van der Waals surface area contributed by atoms with Crippen molar-refractivity contribution in [3.63, 3.8) is 0 Å². The van der Waals surface area contributed by atoms with Crippen LogP contribution in [0.1, 0.15) is 33.4 Å². The zero-order chi connectivity index (χ0) is 48.6. The Kier molecular flexibility index (Phi) is 11.0. The molecule has 11 rings (SSSR count). The Labute approximate surface area is 410 Å². The third-order valence-electron chi connectivity index (χ3n) is 13.1. The maximum absolute atomic E-state index is 11.0. The van der Waals surface area contributed by atoms with Crippen LogP contribution in [-0.2, 0) is 0 Å². The van der Waals surface area contributed by atoms with Crippen LogP contribution in [0.25, 0.3) is 106 Å². The van der Waals surface area contributed by atoms with Crippen LogP contribution in [0.5, 0.6) is 0 Å². The van der Waals surface area contributed by atoms with Crippen molar-refractivity contribution in [1.29, 1.82) is 21.0 Å². The molecule has 0 aliphatic rings. The molecule has 2 aromatic heterocycles. The number of aryl methyl sites for hydroxylation is 2. The highest BCUT2D eigenvalue weighted by molar-refractivity contribution is 6.13. The van der Waals surface area contributed by atoms with Gasteiger partial charge in [-0.15, -0.1) is 0 Å². The van der Waals surface area contributed by atoms with Gasteiger partial charge in [0.1, 0.15) is 0 Å². The van der Waals surface area contributed by atoms with Crippen LogP contribution in [0.3, 0.4) is 0 Å². The van der Waals surface area contributed by atoms with E-state index in [9.17, 15) is 21.0 Å². The molecule has 0 bridgehead atoms. The molecule has 2 heterocycles. The van der Waals surface area contributed by atoms with E-state index in [1.165, 1.54) is 0 Å². The van der Waals surface area contributed by atoms with E-state index in [0.29, 0.717) is 62.1 Å². The molecule has 0 saturated heterocycles. The van der Waals surface area contributed by atoms with E-state index < -0.39 is 0 Å². The fourth-order valence-electron chi connectivity index (χ4n) is 9.63. The minimum atomic E-state index is 0.281. The standard InChI is InChI=1S/C63H38N8/c1-39-13-9-11-19-50(39)45-23-27-58-54(31-45)55-32-46(51-20-12-10-14-40(51)2)24-28-59(55)71(58)60-56(52-25-21-41(35-64)29-48(52)37-66)33-47(34-57(60)53-26-22-42(36-65)30-49(53)38-67)63-69-61(43-15-5-3-6-16-43)68-62(70-63)44-17-7-4-8-18-44/h3-34H,1-2H3. The second-order valence-corrected chi connectivity index (χ2v) is 17.4. The topological polar surface area (TPSA) is 139 Å². The van der Waals surface area contributed by atoms with Crippen molar-refractivity contribution in [1.82, 2.24) is 19.5 Å². The second kappa shape index (κ2) is 18.1. The maximum Gasteiger partial charge on any atom is 0.164 e. The van der Waals surface area contributed by atoms with Crippen molar-refractivity contribution in [3.05, 3.63) is 228 Å². The van der Waals surface area contributed by atoms with Crippen LogP contribution in [0.2, 0.25) is 0 Å². The number of rotatable bonds is 8. The molecule has 0 atom stereocenters. The predicted molar refractivity (Wildman–Crippen MR) is 281 cm³/mol. The van der Waals surface area contributed by atoms with Gasteiger partial charge in [0.2, 0.25) is 0 Å². The zero-order valence-electron chi connectivity index (χ0n) is 38.6. The molecule has 11 aromatic rings. The lowest BCUT2D eigenvalue weighted by molar-refractivity contribution is 1.07. The zero-order valence-corrected chi connectivity index (χ0v) is 38.6. The average Bonchev–Trinajstić information content (AvgIpc) is 3.75. The van der Waals surface area contributed by atoms with Gasteiger partial charge in [0.05, 0.1) is 63.3 Å². The fourth-order valence-corrected chi connectivity index (χ4v) is 9.63. The van der Waals surface area contributed by atoms with E-state index in [1.807, 2.05) is 97.1 Å². The summed E-state index contributed by atoms with van der Waals surface area (Å²) in [4.78, 5) is 15.3. The van der Waals surface area contributed by atoms with Crippen LogP contribution in [0.15, 0.2) is 194 Å². The first-order chi connectivity index (χ1) is 34.8. The number of aromatic nitrogens is 4. The van der Waals surface area contributed by atoms with Crippen LogP contribution >= 0.6 is 0 Å². The summed E-state index contributed by atoms with van der Waals surface area (Å²) in [5, 5.41) is 44.1. The SMILES string of the molecule is Cc1ccccc1-c1ccc2c(c1)c1cc(-c3ccccc3C)ccc1n2-c1c(-c2ccc(C#N)cc2C#N)cc(-c2nc(-c3ccccc3)nc(-c3ccccc3)n2)cc1-c1ccc(C#N)cc1C#N. The molecule has 9 aromatic carbocycles. The smallest absolute Gasteiger partial charge is 0.164 e. The summed E-state index contributed by atoms with van der Waals surface area (Å²) in [5.41, 5.74) is 14.9. The van der Waals surface area contributed by atoms with Crippen molar-refractivity contribution < 1.29 is 0 Å². The summed E-state index contributed by atoms with van der Waals surface area (Å²) in [5.74, 6) is 1.29. The lowest BCUT2D eigenvalue weighted by Crippen LogP contribution is -2.05. The summed E-state index contributed by atoms with van der Waals surface area (Å²) >= 11 is 0. The molecule has 8 heteroatoms. The van der Waals surface area contributed by atoms with E-state index in [4.69, 9.17) is 15.0 Å². The third kappa shape index (κ3) is 7.81. The summed E-state index contributed by atoms with van der Waals surface area (Å²) in [6.45, 7) is 4.23. The summed E-state index contributed by atoms with van der Waals surface area (Å²) in [6, 6.07) is 72.7. The molecule has 0 radical (unpaired) electrons. The molecule has 330 valence electrons. The van der Waals surface area contributed by atoms with Gasteiger partial charge in [-0.1, -0.05) is 133 Å². The van der Waals surface area contributed by atoms with Crippen molar-refractivity contribution >= 4 is 21.8 Å². The maximum atomic E-state index is 11.0. The lowest BCUT2D eigenvalue weighted by atomic mass is 9.88. The first-order valence-corrected chi connectivity index (χ1v) is 23.0. The van der Waals surface area contributed by atoms with Gasteiger partial charge >= 0.3 is 0 Å². The Bertz CT molecular complexity index is 3870. The largest absolute Gasteiger partial charge is 0.308 e. The predicted octanol–water partition coefficient (Wildman–Crippen LogP) is 14.7. The Hall–Kier alpha value is -10.3. The van der Waals surface area contributed by atoms with Gasteiger partial charge in [0.25, 0.3) is 0 Å². The van der Waals surface area contributed by atoms with Crippen LogP contribution in [-0.4, -0.2) is 19.5 Å². The van der Waals surface area contributed by atoms with Gasteiger partial charge in [-0.25, -0.2) is 15.0 Å². The molecule has 0 spiro atoms. The second-order valence-electron chi connectivity index (χ2n) is 17.4. The average molecular weight is 907 g/mol. The molecular weight excluding hydrogens is 869 g/mol. The highest BCUT2D eigenvalue weighted by Crippen LogP contribution is 2.47. The summed E-state index contributed by atoms with van der Waals surface area (Å²) in [6.07, 6.45) is 0. The number of nitrogens with zero attached hydrogens (tertiary/aromatic N) is 8. The van der Waals surface area contributed by atoms with Gasteiger partial charge < -0.3 is 4.57 Å².